The van der Waals surface area contributed by atoms with Gasteiger partial charge in [-0.05, 0) is 0 Å². The molecule has 0 aromatic heterocycles. The average Bonchev–Trinajstić information content (AvgIpc) is 1.19. The summed E-state index contributed by atoms with van der Waals surface area (Å²) in [7, 11) is -4.67. The summed E-state index contributed by atoms with van der Waals surface area (Å²) in [5.74, 6) is -0.833. The molecule has 0 aliphatic heterocycles. The van der Waals surface area contributed by atoms with Crippen LogP contribution in [0.5, 0.6) is 0 Å². The van der Waals surface area contributed by atoms with Crippen molar-refractivity contribution in [3.05, 3.63) is 0 Å². The third-order valence-corrected chi connectivity index (χ3v) is 0. The summed E-state index contributed by atoms with van der Waals surface area (Å²) in [4.78, 5) is 9.00. The van der Waals surface area contributed by atoms with Gasteiger partial charge in [0.1, 0.15) is 0 Å². The van der Waals surface area contributed by atoms with Gasteiger partial charge in [-0.25, -0.2) is 0 Å². The molecule has 12 heavy (non-hydrogen) atoms. The van der Waals surface area contributed by atoms with E-state index < -0.39 is 16.4 Å². The van der Waals surface area contributed by atoms with E-state index in [1.807, 2.05) is 0 Å². The molecule has 64 valence electrons. The van der Waals surface area contributed by atoms with E-state index in [9.17, 15) is 0 Å². The maximum Gasteiger partial charge on any atom is 2.00 e. The van der Waals surface area contributed by atoms with E-state index in [2.05, 4.69) is 0 Å². The number of aliphatic carboxylic acids is 1. The van der Waals surface area contributed by atoms with Gasteiger partial charge in [0, 0.05) is 6.92 Å². The molecular formula is C2H10K2MgO6S. The van der Waals surface area contributed by atoms with Gasteiger partial charge in [0.15, 0.2) is 0 Å². The molecule has 0 aromatic carbocycles. The fourth-order valence-electron chi connectivity index (χ4n) is 0. The Labute approximate surface area is 178 Å². The quantitative estimate of drug-likeness (QED) is 0.296. The summed E-state index contributed by atoms with van der Waals surface area (Å²) >= 11 is 0. The van der Waals surface area contributed by atoms with Crippen molar-refractivity contribution < 1.29 is 136 Å². The first-order chi connectivity index (χ1) is 3.73. The van der Waals surface area contributed by atoms with Gasteiger partial charge in [-0.1, -0.05) is 0 Å². The normalized spacial score (nSPS) is 6.92. The average molecular weight is 265 g/mol. The maximum absolute atomic E-state index is 9.00. The van der Waals surface area contributed by atoms with E-state index in [4.69, 9.17) is 27.4 Å². The van der Waals surface area contributed by atoms with Crippen molar-refractivity contribution in [3.63, 3.8) is 0 Å². The molecule has 0 atom stereocenters. The second-order valence-corrected chi connectivity index (χ2v) is 1.86. The minimum absolute atomic E-state index is 0. The molecule has 0 saturated heterocycles. The van der Waals surface area contributed by atoms with E-state index in [0.717, 1.165) is 6.92 Å². The van der Waals surface area contributed by atoms with Gasteiger partial charge >= 0.3 is 136 Å². The number of carbonyl (C=O) groups is 1. The summed E-state index contributed by atoms with van der Waals surface area (Å²) in [6.45, 7) is 1.08. The van der Waals surface area contributed by atoms with Gasteiger partial charge < -0.3 is 10.8 Å². The van der Waals surface area contributed by atoms with Crippen LogP contribution in [0.25, 0.3) is 0 Å². The summed E-state index contributed by atoms with van der Waals surface area (Å²) in [5.41, 5.74) is 0. The van der Waals surface area contributed by atoms with Crippen molar-refractivity contribution in [2.75, 3.05) is 0 Å². The van der Waals surface area contributed by atoms with Crippen LogP contribution in [-0.2, 0) is 15.2 Å². The zero-order chi connectivity index (χ0) is 8.08. The van der Waals surface area contributed by atoms with E-state index in [-0.39, 0.29) is 132 Å². The molecule has 6 nitrogen and oxygen atoms in total. The zero-order valence-electron chi connectivity index (χ0n) is 11.2. The van der Waals surface area contributed by atoms with E-state index in [0.29, 0.717) is 0 Å². The molecule has 0 bridgehead atoms. The second kappa shape index (κ2) is 16.8. The molecule has 0 rings (SSSR count). The molecule has 0 aromatic rings. The fourth-order valence-corrected chi connectivity index (χ4v) is 0. The van der Waals surface area contributed by atoms with Crippen LogP contribution in [0.15, 0.2) is 0 Å². The largest absolute Gasteiger partial charge is 2.00 e. The van der Waals surface area contributed by atoms with Gasteiger partial charge in [-0.3, -0.25) is 13.9 Å². The van der Waals surface area contributed by atoms with E-state index >= 15 is 0 Å². The molecule has 0 saturated carbocycles. The van der Waals surface area contributed by atoms with Crippen LogP contribution in [0.2, 0.25) is 0 Å². The van der Waals surface area contributed by atoms with Crippen molar-refractivity contribution in [2.24, 2.45) is 0 Å². The first-order valence-electron chi connectivity index (χ1n) is 1.63. The number of carboxylic acid groups (broad SMARTS) is 1. The number of carboxylic acids is 1. The van der Waals surface area contributed by atoms with Gasteiger partial charge in [0.05, 0.1) is 0 Å². The molecule has 0 unspecified atom stereocenters. The van der Waals surface area contributed by atoms with Crippen LogP contribution in [-0.4, -0.2) is 51.7 Å². The smallest absolute Gasteiger partial charge is 1.00 e. The molecule has 0 amide bonds. The second-order valence-electron chi connectivity index (χ2n) is 0.967. The monoisotopic (exact) mass is 264 g/mol. The van der Waals surface area contributed by atoms with Gasteiger partial charge in [0.2, 0.25) is 0 Å². The van der Waals surface area contributed by atoms with Crippen LogP contribution < -0.4 is 103 Å². The molecule has 0 fully saturated rings. The van der Waals surface area contributed by atoms with E-state index in [1.54, 1.807) is 0 Å². The van der Waals surface area contributed by atoms with Crippen LogP contribution in [0.1, 0.15) is 12.6 Å². The molecule has 3 N–H and O–H groups in total. The molecular weight excluding hydrogens is 255 g/mol. The predicted octanol–water partition coefficient (Wildman–Crippen LogP) is -6.48. The standard InChI is InChI=1S/C2H4O2.2K.Mg.H2O4S.4H/c1-2(3)4;;;;1-5(2,3)4;;;;/h1H3,(H,3,4);;;;(H2,1,2,3,4);;;;/q;2*+1;+2;;4*-1. The number of hydrogen-bond donors (Lipinski definition) is 3. The first kappa shape index (κ1) is 29.5. The summed E-state index contributed by atoms with van der Waals surface area (Å²) < 4.78 is 31.6. The molecule has 0 spiro atoms. The number of hydrogen-bond acceptors (Lipinski definition) is 3. The van der Waals surface area contributed by atoms with Gasteiger partial charge in [-0.15, -0.1) is 0 Å². The van der Waals surface area contributed by atoms with Crippen molar-refractivity contribution in [1.29, 1.82) is 0 Å². The van der Waals surface area contributed by atoms with Crippen LogP contribution in [0.3, 0.4) is 0 Å². The SMILES string of the molecule is CC(=O)O.O=S(=O)(O)O.[H-].[H-].[H-].[H-].[K+].[K+].[Mg+2]. The number of rotatable bonds is 0. The summed E-state index contributed by atoms with van der Waals surface area (Å²) in [6, 6.07) is 0. The van der Waals surface area contributed by atoms with Crippen molar-refractivity contribution in [3.8, 4) is 0 Å². The zero-order valence-corrected chi connectivity index (χ0v) is 15.7. The Morgan fingerprint density at radius 3 is 1.25 bits per heavy atom. The summed E-state index contributed by atoms with van der Waals surface area (Å²) in [5, 5.41) is 7.42. The molecule has 10 heteroatoms. The third-order valence-electron chi connectivity index (χ3n) is 0. The first-order valence-corrected chi connectivity index (χ1v) is 3.02. The molecule has 0 aliphatic carbocycles. The van der Waals surface area contributed by atoms with Crippen molar-refractivity contribution in [1.82, 2.24) is 0 Å². The Kier molecular flexibility index (Phi) is 41.3. The van der Waals surface area contributed by atoms with E-state index in [1.165, 1.54) is 0 Å². The Balaban J connectivity index is -0.00000000614. The van der Waals surface area contributed by atoms with Gasteiger partial charge in [-0.2, -0.15) is 8.42 Å². The minimum Gasteiger partial charge on any atom is -1.00 e. The Bertz CT molecular complexity index is 179. The third kappa shape index (κ3) is 180. The predicted molar refractivity (Wildman–Crippen MR) is 37.7 cm³/mol. The molecule has 0 radical (unpaired) electrons. The molecule has 0 aliphatic rings. The fraction of sp³-hybridized carbons (Fsp3) is 0.500. The molecule has 0 heterocycles. The van der Waals surface area contributed by atoms with Crippen LogP contribution >= 0.6 is 0 Å². The summed E-state index contributed by atoms with van der Waals surface area (Å²) in [6.07, 6.45) is 0. The Morgan fingerprint density at radius 2 is 1.25 bits per heavy atom. The van der Waals surface area contributed by atoms with Crippen molar-refractivity contribution >= 4 is 39.4 Å². The van der Waals surface area contributed by atoms with Crippen LogP contribution in [0.4, 0.5) is 0 Å². The maximum atomic E-state index is 9.00. The Hall–Kier alpha value is 3.38. The minimum atomic E-state index is -4.67. The van der Waals surface area contributed by atoms with Gasteiger partial charge in [0.25, 0.3) is 5.97 Å². The van der Waals surface area contributed by atoms with Crippen molar-refractivity contribution in [2.45, 2.75) is 6.92 Å². The topological polar surface area (TPSA) is 112 Å². The Morgan fingerprint density at radius 1 is 1.25 bits per heavy atom. The van der Waals surface area contributed by atoms with Crippen LogP contribution in [0, 0.1) is 0 Å².